The van der Waals surface area contributed by atoms with Gasteiger partial charge in [0.1, 0.15) is 10.7 Å². The van der Waals surface area contributed by atoms with Crippen molar-refractivity contribution in [1.82, 2.24) is 4.98 Å². The number of hydrogen-bond donors (Lipinski definition) is 1. The van der Waals surface area contributed by atoms with Crippen molar-refractivity contribution in [2.24, 2.45) is 5.73 Å². The lowest BCUT2D eigenvalue weighted by atomic mass is 10.3. The quantitative estimate of drug-likeness (QED) is 0.711. The molecule has 12 heavy (non-hydrogen) atoms. The molecular formula is C8H10N2OS. The molecule has 1 rings (SSSR count). The maximum atomic E-state index is 5.41. The van der Waals surface area contributed by atoms with E-state index in [0.717, 1.165) is 5.56 Å². The topological polar surface area (TPSA) is 48.1 Å². The standard InChI is InChI=1S/C8H10N2OS/c1-2-11-7-3-6(8(9)12)4-10-5-7/h3-5H,2H2,1H3,(H2,9,12). The van der Waals surface area contributed by atoms with Gasteiger partial charge >= 0.3 is 0 Å². The third kappa shape index (κ3) is 2.17. The first-order chi connectivity index (χ1) is 5.74. The van der Waals surface area contributed by atoms with Gasteiger partial charge in [-0.25, -0.2) is 0 Å². The number of ether oxygens (including phenoxy) is 1. The molecular weight excluding hydrogens is 172 g/mol. The van der Waals surface area contributed by atoms with Gasteiger partial charge in [0.2, 0.25) is 0 Å². The summed E-state index contributed by atoms with van der Waals surface area (Å²) < 4.78 is 5.22. The fourth-order valence-corrected chi connectivity index (χ4v) is 0.911. The monoisotopic (exact) mass is 182 g/mol. The fraction of sp³-hybridized carbons (Fsp3) is 0.250. The van der Waals surface area contributed by atoms with Crippen molar-refractivity contribution in [3.8, 4) is 5.75 Å². The summed E-state index contributed by atoms with van der Waals surface area (Å²) in [4.78, 5) is 4.27. The fourth-order valence-electron chi connectivity index (χ4n) is 0.799. The van der Waals surface area contributed by atoms with Crippen molar-refractivity contribution in [2.45, 2.75) is 6.92 Å². The van der Waals surface area contributed by atoms with Crippen LogP contribution in [-0.2, 0) is 0 Å². The second-order valence-corrected chi connectivity index (χ2v) is 2.65. The van der Waals surface area contributed by atoms with Gasteiger partial charge < -0.3 is 10.5 Å². The molecule has 2 N–H and O–H groups in total. The molecule has 1 aromatic heterocycles. The second-order valence-electron chi connectivity index (χ2n) is 2.21. The molecule has 0 fully saturated rings. The van der Waals surface area contributed by atoms with Crippen LogP contribution in [0.5, 0.6) is 5.75 Å². The van der Waals surface area contributed by atoms with E-state index in [4.69, 9.17) is 22.7 Å². The molecule has 0 amide bonds. The predicted molar refractivity (Wildman–Crippen MR) is 51.3 cm³/mol. The number of rotatable bonds is 3. The Labute approximate surface area is 76.6 Å². The SMILES string of the molecule is CCOc1cncc(C(N)=S)c1. The van der Waals surface area contributed by atoms with Gasteiger partial charge in [0.15, 0.2) is 0 Å². The zero-order valence-electron chi connectivity index (χ0n) is 6.78. The number of nitrogens with two attached hydrogens (primary N) is 1. The highest BCUT2D eigenvalue weighted by molar-refractivity contribution is 7.80. The van der Waals surface area contributed by atoms with E-state index in [-0.39, 0.29) is 0 Å². The van der Waals surface area contributed by atoms with Crippen LogP contribution in [0.3, 0.4) is 0 Å². The lowest BCUT2D eigenvalue weighted by molar-refractivity contribution is 0.339. The van der Waals surface area contributed by atoms with E-state index in [9.17, 15) is 0 Å². The summed E-state index contributed by atoms with van der Waals surface area (Å²) in [5.74, 6) is 0.697. The van der Waals surface area contributed by atoms with Gasteiger partial charge in [-0.15, -0.1) is 0 Å². The zero-order valence-corrected chi connectivity index (χ0v) is 7.60. The van der Waals surface area contributed by atoms with E-state index in [1.165, 1.54) is 0 Å². The summed E-state index contributed by atoms with van der Waals surface area (Å²) in [5.41, 5.74) is 6.15. The molecule has 0 radical (unpaired) electrons. The van der Waals surface area contributed by atoms with Crippen LogP contribution in [0.1, 0.15) is 12.5 Å². The second kappa shape index (κ2) is 4.01. The minimum atomic E-state index is 0.337. The minimum absolute atomic E-state index is 0.337. The van der Waals surface area contributed by atoms with Gasteiger partial charge in [-0.05, 0) is 13.0 Å². The summed E-state index contributed by atoms with van der Waals surface area (Å²) in [5, 5.41) is 0. The third-order valence-electron chi connectivity index (χ3n) is 1.31. The van der Waals surface area contributed by atoms with Crippen molar-refractivity contribution >= 4 is 17.2 Å². The Kier molecular flexibility index (Phi) is 2.99. The summed E-state index contributed by atoms with van der Waals surface area (Å²) in [7, 11) is 0. The molecule has 0 aromatic carbocycles. The van der Waals surface area contributed by atoms with Gasteiger partial charge in [0, 0.05) is 11.8 Å². The number of nitrogens with zero attached hydrogens (tertiary/aromatic N) is 1. The van der Waals surface area contributed by atoms with E-state index >= 15 is 0 Å². The molecule has 0 unspecified atom stereocenters. The van der Waals surface area contributed by atoms with Crippen LogP contribution in [0, 0.1) is 0 Å². The van der Waals surface area contributed by atoms with Crippen LogP contribution < -0.4 is 10.5 Å². The Hall–Kier alpha value is -1.16. The molecule has 0 saturated carbocycles. The average molecular weight is 182 g/mol. The molecule has 0 bridgehead atoms. The van der Waals surface area contributed by atoms with Crippen molar-refractivity contribution < 1.29 is 4.74 Å². The largest absolute Gasteiger partial charge is 0.492 e. The van der Waals surface area contributed by atoms with Crippen molar-refractivity contribution in [3.05, 3.63) is 24.0 Å². The summed E-state index contributed by atoms with van der Waals surface area (Å²) >= 11 is 4.79. The van der Waals surface area contributed by atoms with Crippen LogP contribution in [0.15, 0.2) is 18.5 Å². The Morgan fingerprint density at radius 2 is 2.42 bits per heavy atom. The Bertz CT molecular complexity index is 288. The summed E-state index contributed by atoms with van der Waals surface area (Å²) in [6, 6.07) is 1.78. The van der Waals surface area contributed by atoms with Crippen molar-refractivity contribution in [3.63, 3.8) is 0 Å². The van der Waals surface area contributed by atoms with Crippen molar-refractivity contribution in [2.75, 3.05) is 6.61 Å². The Morgan fingerprint density at radius 3 is 3.00 bits per heavy atom. The molecule has 0 aliphatic carbocycles. The molecule has 3 nitrogen and oxygen atoms in total. The Morgan fingerprint density at radius 1 is 1.67 bits per heavy atom. The maximum absolute atomic E-state index is 5.41. The molecule has 0 spiro atoms. The molecule has 0 atom stereocenters. The van der Waals surface area contributed by atoms with Crippen LogP contribution in [0.25, 0.3) is 0 Å². The van der Waals surface area contributed by atoms with E-state index in [2.05, 4.69) is 4.98 Å². The number of hydrogen-bond acceptors (Lipinski definition) is 3. The summed E-state index contributed by atoms with van der Waals surface area (Å²) in [6.45, 7) is 2.52. The molecule has 1 aromatic rings. The number of pyridine rings is 1. The summed E-state index contributed by atoms with van der Waals surface area (Å²) in [6.07, 6.45) is 3.25. The highest BCUT2D eigenvalue weighted by atomic mass is 32.1. The van der Waals surface area contributed by atoms with E-state index in [1.54, 1.807) is 18.5 Å². The minimum Gasteiger partial charge on any atom is -0.492 e. The van der Waals surface area contributed by atoms with Gasteiger partial charge in [-0.3, -0.25) is 4.98 Å². The molecule has 0 aliphatic rings. The van der Waals surface area contributed by atoms with Gasteiger partial charge in [0.25, 0.3) is 0 Å². The van der Waals surface area contributed by atoms with E-state index in [0.29, 0.717) is 17.3 Å². The number of aromatic nitrogens is 1. The van der Waals surface area contributed by atoms with Crippen molar-refractivity contribution in [1.29, 1.82) is 0 Å². The first-order valence-electron chi connectivity index (χ1n) is 3.61. The predicted octanol–water partition coefficient (Wildman–Crippen LogP) is 1.11. The lowest BCUT2D eigenvalue weighted by Crippen LogP contribution is -2.09. The van der Waals surface area contributed by atoms with Crippen LogP contribution in [0.4, 0.5) is 0 Å². The molecule has 4 heteroatoms. The zero-order chi connectivity index (χ0) is 8.97. The van der Waals surface area contributed by atoms with Gasteiger partial charge in [-0.2, -0.15) is 0 Å². The molecule has 1 heterocycles. The van der Waals surface area contributed by atoms with Crippen LogP contribution in [0.2, 0.25) is 0 Å². The normalized spacial score (nSPS) is 9.42. The first-order valence-corrected chi connectivity index (χ1v) is 4.02. The highest BCUT2D eigenvalue weighted by Crippen LogP contribution is 2.10. The molecule has 64 valence electrons. The van der Waals surface area contributed by atoms with Crippen LogP contribution >= 0.6 is 12.2 Å². The first kappa shape index (κ1) is 8.93. The van der Waals surface area contributed by atoms with E-state index < -0.39 is 0 Å². The molecule has 0 aliphatic heterocycles. The maximum Gasteiger partial charge on any atom is 0.138 e. The Balaban J connectivity index is 2.88. The smallest absolute Gasteiger partial charge is 0.138 e. The highest BCUT2D eigenvalue weighted by Gasteiger charge is 1.98. The van der Waals surface area contributed by atoms with E-state index in [1.807, 2.05) is 6.92 Å². The average Bonchev–Trinajstić information content (AvgIpc) is 2.05. The number of thiocarbonyl (C=S) groups is 1. The molecule has 0 saturated heterocycles. The van der Waals surface area contributed by atoms with Crippen LogP contribution in [-0.4, -0.2) is 16.6 Å². The van der Waals surface area contributed by atoms with Gasteiger partial charge in [-0.1, -0.05) is 12.2 Å². The lowest BCUT2D eigenvalue weighted by Gasteiger charge is -2.03. The third-order valence-corrected chi connectivity index (χ3v) is 1.54. The van der Waals surface area contributed by atoms with Gasteiger partial charge in [0.05, 0.1) is 12.8 Å².